The molecular formula is C30H36N2. The van der Waals surface area contributed by atoms with Crippen molar-refractivity contribution in [2.24, 2.45) is 5.41 Å². The fraction of sp³-hybridized carbons (Fsp3) is 0.233. The Morgan fingerprint density at radius 1 is 0.938 bits per heavy atom. The zero-order chi connectivity index (χ0) is 23.2. The van der Waals surface area contributed by atoms with Gasteiger partial charge in [0, 0.05) is 17.7 Å². The molecule has 0 fully saturated rings. The van der Waals surface area contributed by atoms with Gasteiger partial charge in [-0.3, -0.25) is 0 Å². The van der Waals surface area contributed by atoms with Gasteiger partial charge >= 0.3 is 0 Å². The number of hydrogen-bond donors (Lipinski definition) is 2. The molecule has 32 heavy (non-hydrogen) atoms. The lowest BCUT2D eigenvalue weighted by atomic mass is 9.97. The smallest absolute Gasteiger partial charge is 0.0609 e. The lowest BCUT2D eigenvalue weighted by Crippen LogP contribution is -2.17. The van der Waals surface area contributed by atoms with Gasteiger partial charge in [-0.25, -0.2) is 0 Å². The topological polar surface area (TPSA) is 35.9 Å². The second-order valence-corrected chi connectivity index (χ2v) is 8.44. The van der Waals surface area contributed by atoms with Crippen molar-refractivity contribution < 1.29 is 0 Å². The van der Waals surface area contributed by atoms with E-state index >= 15 is 0 Å². The van der Waals surface area contributed by atoms with Gasteiger partial charge in [-0.05, 0) is 36.6 Å². The van der Waals surface area contributed by atoms with E-state index in [9.17, 15) is 0 Å². The molecule has 2 N–H and O–H groups in total. The van der Waals surface area contributed by atoms with Gasteiger partial charge in [-0.15, -0.1) is 0 Å². The quantitative estimate of drug-likeness (QED) is 0.484. The zero-order valence-corrected chi connectivity index (χ0v) is 19.8. The van der Waals surface area contributed by atoms with Gasteiger partial charge in [-0.2, -0.15) is 0 Å². The van der Waals surface area contributed by atoms with E-state index in [4.69, 9.17) is 5.41 Å². The molecule has 166 valence electrons. The van der Waals surface area contributed by atoms with Gasteiger partial charge in [-0.1, -0.05) is 123 Å². The molecule has 2 aliphatic rings. The number of rotatable bonds is 4. The van der Waals surface area contributed by atoms with Crippen LogP contribution in [0.5, 0.6) is 0 Å². The van der Waals surface area contributed by atoms with Crippen LogP contribution in [0.3, 0.4) is 0 Å². The first-order valence-electron chi connectivity index (χ1n) is 11.3. The molecule has 2 heteroatoms. The molecule has 0 saturated heterocycles. The van der Waals surface area contributed by atoms with Crippen molar-refractivity contribution in [1.82, 2.24) is 5.32 Å². The molecular weight excluding hydrogens is 388 g/mol. The Kier molecular flexibility index (Phi) is 10.2. The van der Waals surface area contributed by atoms with Gasteiger partial charge in [0.25, 0.3) is 0 Å². The number of dihydropyridines is 1. The highest BCUT2D eigenvalue weighted by Crippen LogP contribution is 2.22. The second kappa shape index (κ2) is 13.1. The molecule has 2 aromatic rings. The number of allylic oxidation sites excluding steroid dienone is 8. The average molecular weight is 425 g/mol. The summed E-state index contributed by atoms with van der Waals surface area (Å²) in [4.78, 5) is 0. The van der Waals surface area contributed by atoms with E-state index in [-0.39, 0.29) is 0 Å². The van der Waals surface area contributed by atoms with Crippen molar-refractivity contribution >= 4 is 11.4 Å². The van der Waals surface area contributed by atoms with Gasteiger partial charge in [0.1, 0.15) is 0 Å². The lowest BCUT2D eigenvalue weighted by molar-refractivity contribution is 0.636. The van der Waals surface area contributed by atoms with Crippen molar-refractivity contribution in [2.75, 3.05) is 6.54 Å². The fourth-order valence-corrected chi connectivity index (χ4v) is 3.01. The first-order valence-corrected chi connectivity index (χ1v) is 11.3. The van der Waals surface area contributed by atoms with Crippen LogP contribution in [-0.4, -0.2) is 12.3 Å². The van der Waals surface area contributed by atoms with Gasteiger partial charge in [0.15, 0.2) is 0 Å². The summed E-state index contributed by atoms with van der Waals surface area (Å²) in [7, 11) is 0. The van der Waals surface area contributed by atoms with Gasteiger partial charge in [0.05, 0.1) is 5.71 Å². The van der Waals surface area contributed by atoms with E-state index in [1.165, 1.54) is 16.8 Å². The molecule has 2 aromatic carbocycles. The molecule has 1 aliphatic carbocycles. The zero-order valence-electron chi connectivity index (χ0n) is 19.8. The molecule has 0 aromatic heterocycles. The lowest BCUT2D eigenvalue weighted by Gasteiger charge is -2.14. The largest absolute Gasteiger partial charge is 0.381 e. The molecule has 4 rings (SSSR count). The monoisotopic (exact) mass is 424 g/mol. The van der Waals surface area contributed by atoms with Crippen LogP contribution in [0.25, 0.3) is 5.70 Å². The maximum absolute atomic E-state index is 7.65. The molecule has 0 atom stereocenters. The first kappa shape index (κ1) is 24.9. The molecule has 0 saturated carbocycles. The van der Waals surface area contributed by atoms with Crippen molar-refractivity contribution in [3.05, 3.63) is 126 Å². The maximum Gasteiger partial charge on any atom is 0.0609 e. The van der Waals surface area contributed by atoms with Crippen LogP contribution >= 0.6 is 0 Å². The van der Waals surface area contributed by atoms with Crippen LogP contribution in [-0.2, 0) is 0 Å². The summed E-state index contributed by atoms with van der Waals surface area (Å²) < 4.78 is 0. The molecule has 1 heterocycles. The molecule has 2 nitrogen and oxygen atoms in total. The summed E-state index contributed by atoms with van der Waals surface area (Å²) in [5.74, 6) is 0. The van der Waals surface area contributed by atoms with Gasteiger partial charge < -0.3 is 10.7 Å². The fourth-order valence-electron chi connectivity index (χ4n) is 3.01. The Hall–Kier alpha value is -3.39. The Bertz CT molecular complexity index is 974. The highest BCUT2D eigenvalue weighted by molar-refractivity contribution is 6.06. The van der Waals surface area contributed by atoms with Crippen LogP contribution in [0.15, 0.2) is 115 Å². The average Bonchev–Trinajstić information content (AvgIpc) is 3.24. The Morgan fingerprint density at radius 2 is 1.53 bits per heavy atom. The summed E-state index contributed by atoms with van der Waals surface area (Å²) >= 11 is 0. The van der Waals surface area contributed by atoms with E-state index in [2.05, 4.69) is 93.7 Å². The molecule has 0 spiro atoms. The van der Waals surface area contributed by atoms with Crippen LogP contribution < -0.4 is 5.32 Å². The summed E-state index contributed by atoms with van der Waals surface area (Å²) in [6, 6.07) is 20.1. The van der Waals surface area contributed by atoms with Crippen LogP contribution in [0.4, 0.5) is 0 Å². The molecule has 1 aliphatic heterocycles. The number of hydrogen-bond acceptors (Lipinski definition) is 2. The third-order valence-electron chi connectivity index (χ3n) is 4.94. The van der Waals surface area contributed by atoms with Crippen LogP contribution in [0.1, 0.15) is 45.2 Å². The van der Waals surface area contributed by atoms with Crippen molar-refractivity contribution in [3.8, 4) is 0 Å². The van der Waals surface area contributed by atoms with Crippen molar-refractivity contribution in [1.29, 1.82) is 5.41 Å². The van der Waals surface area contributed by atoms with Gasteiger partial charge in [0.2, 0.25) is 0 Å². The minimum Gasteiger partial charge on any atom is -0.381 e. The van der Waals surface area contributed by atoms with E-state index < -0.39 is 0 Å². The number of benzene rings is 2. The summed E-state index contributed by atoms with van der Waals surface area (Å²) in [5, 5.41) is 11.0. The van der Waals surface area contributed by atoms with E-state index in [0.29, 0.717) is 11.1 Å². The summed E-state index contributed by atoms with van der Waals surface area (Å²) in [6.45, 7) is 9.53. The Morgan fingerprint density at radius 3 is 2.00 bits per heavy atom. The SMILES string of the molecule is CC/C=C\C(=N)c1ccccc1.CC1(C)C=CC=C1.CC1=CC=C(c2ccccc2)NC1. The number of nitrogens with one attached hydrogen (secondary N) is 2. The maximum atomic E-state index is 7.65. The van der Waals surface area contributed by atoms with E-state index in [1.54, 1.807) is 0 Å². The molecule has 0 bridgehead atoms. The van der Waals surface area contributed by atoms with E-state index in [0.717, 1.165) is 18.5 Å². The van der Waals surface area contributed by atoms with E-state index in [1.807, 2.05) is 48.6 Å². The highest BCUT2D eigenvalue weighted by atomic mass is 14.9. The first-order chi connectivity index (χ1) is 15.4. The van der Waals surface area contributed by atoms with Crippen LogP contribution in [0, 0.1) is 10.8 Å². The predicted octanol–water partition coefficient (Wildman–Crippen LogP) is 7.74. The minimum atomic E-state index is 0.333. The normalized spacial score (nSPS) is 15.5. The van der Waals surface area contributed by atoms with Crippen molar-refractivity contribution in [3.63, 3.8) is 0 Å². The predicted molar refractivity (Wildman–Crippen MR) is 141 cm³/mol. The van der Waals surface area contributed by atoms with Crippen molar-refractivity contribution in [2.45, 2.75) is 34.1 Å². The summed E-state index contributed by atoms with van der Waals surface area (Å²) in [5.41, 5.74) is 5.73. The van der Waals surface area contributed by atoms with Crippen LogP contribution in [0.2, 0.25) is 0 Å². The molecule has 0 unspecified atom stereocenters. The standard InChI is InChI=1S/C12H13N.C11H13N.C7H10/c1-10-7-8-12(13-9-10)11-5-3-2-4-6-11;1-2-3-9-11(12)10-7-5-4-6-8-10;1-7(2)5-3-4-6-7/h2-8,13H,9H2,1H3;3-9,12H,2H2,1H3;3-6H,1-2H3/b;9-3-,12-11?;. The molecule has 0 radical (unpaired) electrons. The molecule has 0 amide bonds. The third kappa shape index (κ3) is 9.18. The second-order valence-electron chi connectivity index (χ2n) is 8.44. The minimum absolute atomic E-state index is 0.333. The third-order valence-corrected chi connectivity index (χ3v) is 4.94. The summed E-state index contributed by atoms with van der Waals surface area (Å²) in [6.07, 6.45) is 17.7. The highest BCUT2D eigenvalue weighted by Gasteiger charge is 2.09. The Labute approximate surface area is 194 Å². The Balaban J connectivity index is 0.000000178.